The highest BCUT2D eigenvalue weighted by Crippen LogP contribution is 2.19. The van der Waals surface area contributed by atoms with Gasteiger partial charge in [-0.25, -0.2) is 0 Å². The third-order valence-electron chi connectivity index (χ3n) is 3.88. The van der Waals surface area contributed by atoms with Crippen LogP contribution in [0.4, 0.5) is 0 Å². The maximum Gasteiger partial charge on any atom is 0.227 e. The van der Waals surface area contributed by atoms with Crippen molar-refractivity contribution in [2.24, 2.45) is 0 Å². The van der Waals surface area contributed by atoms with Crippen LogP contribution in [0, 0.1) is 13.8 Å². The first-order valence-corrected chi connectivity index (χ1v) is 7.50. The Bertz CT molecular complexity index is 604. The van der Waals surface area contributed by atoms with Gasteiger partial charge in [-0.1, -0.05) is 61.0 Å². The van der Waals surface area contributed by atoms with E-state index in [-0.39, 0.29) is 11.8 Å². The zero-order valence-electron chi connectivity index (χ0n) is 13.0. The molecule has 0 saturated heterocycles. The van der Waals surface area contributed by atoms with E-state index in [0.29, 0.717) is 6.54 Å². The summed E-state index contributed by atoms with van der Waals surface area (Å²) in [6.07, 6.45) is 0.808. The lowest BCUT2D eigenvalue weighted by Crippen LogP contribution is -2.29. The van der Waals surface area contributed by atoms with Gasteiger partial charge < -0.3 is 5.32 Å². The number of benzene rings is 2. The molecule has 0 fully saturated rings. The summed E-state index contributed by atoms with van der Waals surface area (Å²) in [5, 5.41) is 3.07. The quantitative estimate of drug-likeness (QED) is 0.878. The molecule has 1 N–H and O–H groups in total. The lowest BCUT2D eigenvalue weighted by Gasteiger charge is -2.16. The van der Waals surface area contributed by atoms with Crippen molar-refractivity contribution in [3.8, 4) is 0 Å². The third kappa shape index (κ3) is 3.94. The highest BCUT2D eigenvalue weighted by Gasteiger charge is 2.18. The number of hydrogen-bond donors (Lipinski definition) is 1. The van der Waals surface area contributed by atoms with Crippen LogP contribution in [0.5, 0.6) is 0 Å². The second kappa shape index (κ2) is 7.07. The maximum absolute atomic E-state index is 12.4. The van der Waals surface area contributed by atoms with E-state index in [1.54, 1.807) is 0 Å². The Morgan fingerprint density at radius 3 is 2.43 bits per heavy atom. The van der Waals surface area contributed by atoms with Gasteiger partial charge in [0, 0.05) is 6.54 Å². The Hall–Kier alpha value is -2.09. The Balaban J connectivity index is 2.03. The fraction of sp³-hybridized carbons (Fsp3) is 0.316. The molecule has 0 aliphatic rings. The van der Waals surface area contributed by atoms with Gasteiger partial charge in [0.2, 0.25) is 5.91 Å². The molecule has 2 aromatic rings. The Kier molecular flexibility index (Phi) is 5.15. The molecule has 0 saturated carbocycles. The SMILES string of the molecule is CCC(C(=O)NCc1ccc(C)cc1C)c1ccccc1. The largest absolute Gasteiger partial charge is 0.351 e. The number of carbonyl (C=O) groups excluding carboxylic acids is 1. The van der Waals surface area contributed by atoms with Crippen molar-refractivity contribution >= 4 is 5.91 Å². The predicted molar refractivity (Wildman–Crippen MR) is 87.2 cm³/mol. The Morgan fingerprint density at radius 2 is 1.81 bits per heavy atom. The molecule has 0 bridgehead atoms. The molecular weight excluding hydrogens is 258 g/mol. The van der Waals surface area contributed by atoms with Gasteiger partial charge in [-0.05, 0) is 37.0 Å². The second-order valence-electron chi connectivity index (χ2n) is 5.52. The van der Waals surface area contributed by atoms with Crippen molar-refractivity contribution < 1.29 is 4.79 Å². The fourth-order valence-corrected chi connectivity index (χ4v) is 2.61. The summed E-state index contributed by atoms with van der Waals surface area (Å²) in [6, 6.07) is 16.3. The standard InChI is InChI=1S/C19H23NO/c1-4-18(16-8-6-5-7-9-16)19(21)20-13-17-11-10-14(2)12-15(17)3/h5-12,18H,4,13H2,1-3H3,(H,20,21). The van der Waals surface area contributed by atoms with Gasteiger partial charge in [0.05, 0.1) is 5.92 Å². The molecular formula is C19H23NO. The minimum absolute atomic E-state index is 0.0723. The van der Waals surface area contributed by atoms with Crippen LogP contribution in [-0.4, -0.2) is 5.91 Å². The second-order valence-corrected chi connectivity index (χ2v) is 5.52. The number of nitrogens with one attached hydrogen (secondary N) is 1. The lowest BCUT2D eigenvalue weighted by molar-refractivity contribution is -0.122. The van der Waals surface area contributed by atoms with Crippen LogP contribution in [0.2, 0.25) is 0 Å². The first-order chi connectivity index (χ1) is 10.1. The topological polar surface area (TPSA) is 29.1 Å². The maximum atomic E-state index is 12.4. The highest BCUT2D eigenvalue weighted by atomic mass is 16.1. The first-order valence-electron chi connectivity index (χ1n) is 7.50. The molecule has 2 aromatic carbocycles. The van der Waals surface area contributed by atoms with Gasteiger partial charge in [-0.2, -0.15) is 0 Å². The summed E-state index contributed by atoms with van der Waals surface area (Å²) in [5.41, 5.74) is 4.73. The van der Waals surface area contributed by atoms with Crippen molar-refractivity contribution in [3.05, 3.63) is 70.8 Å². The van der Waals surface area contributed by atoms with Crippen molar-refractivity contribution in [1.29, 1.82) is 0 Å². The minimum atomic E-state index is -0.0723. The van der Waals surface area contributed by atoms with Crippen molar-refractivity contribution in [2.75, 3.05) is 0 Å². The average molecular weight is 281 g/mol. The van der Waals surface area contributed by atoms with Crippen LogP contribution in [0.3, 0.4) is 0 Å². The lowest BCUT2D eigenvalue weighted by atomic mass is 9.95. The van der Waals surface area contributed by atoms with E-state index in [4.69, 9.17) is 0 Å². The third-order valence-corrected chi connectivity index (χ3v) is 3.88. The minimum Gasteiger partial charge on any atom is -0.351 e. The smallest absolute Gasteiger partial charge is 0.227 e. The summed E-state index contributed by atoms with van der Waals surface area (Å²) in [6.45, 7) is 6.81. The summed E-state index contributed by atoms with van der Waals surface area (Å²) >= 11 is 0. The molecule has 1 unspecified atom stereocenters. The van der Waals surface area contributed by atoms with Gasteiger partial charge in [-0.3, -0.25) is 4.79 Å². The van der Waals surface area contributed by atoms with Gasteiger partial charge >= 0.3 is 0 Å². The molecule has 1 amide bonds. The number of carbonyl (C=O) groups is 1. The number of aryl methyl sites for hydroxylation is 2. The number of rotatable bonds is 5. The normalized spacial score (nSPS) is 12.0. The Morgan fingerprint density at radius 1 is 1.10 bits per heavy atom. The average Bonchev–Trinajstić information content (AvgIpc) is 2.48. The molecule has 0 aliphatic carbocycles. The van der Waals surface area contributed by atoms with Crippen LogP contribution in [0.15, 0.2) is 48.5 Å². The molecule has 2 rings (SSSR count). The van der Waals surface area contributed by atoms with Crippen LogP contribution < -0.4 is 5.32 Å². The molecule has 110 valence electrons. The molecule has 0 radical (unpaired) electrons. The zero-order chi connectivity index (χ0) is 15.2. The van der Waals surface area contributed by atoms with Gasteiger partial charge in [0.25, 0.3) is 0 Å². The van der Waals surface area contributed by atoms with Gasteiger partial charge in [0.1, 0.15) is 0 Å². The van der Waals surface area contributed by atoms with E-state index >= 15 is 0 Å². The molecule has 0 spiro atoms. The van der Waals surface area contributed by atoms with Crippen LogP contribution in [0.25, 0.3) is 0 Å². The molecule has 21 heavy (non-hydrogen) atoms. The summed E-state index contributed by atoms with van der Waals surface area (Å²) in [4.78, 5) is 12.4. The molecule has 0 heterocycles. The van der Waals surface area contributed by atoms with E-state index < -0.39 is 0 Å². The number of amides is 1. The van der Waals surface area contributed by atoms with Crippen LogP contribution in [-0.2, 0) is 11.3 Å². The van der Waals surface area contributed by atoms with Crippen molar-refractivity contribution in [2.45, 2.75) is 39.7 Å². The Labute approximate surface area is 127 Å². The van der Waals surface area contributed by atoms with E-state index in [1.165, 1.54) is 16.7 Å². The molecule has 0 aromatic heterocycles. The highest BCUT2D eigenvalue weighted by molar-refractivity contribution is 5.83. The van der Waals surface area contributed by atoms with Crippen LogP contribution >= 0.6 is 0 Å². The van der Waals surface area contributed by atoms with Crippen LogP contribution in [0.1, 0.15) is 41.5 Å². The van der Waals surface area contributed by atoms with Gasteiger partial charge in [0.15, 0.2) is 0 Å². The van der Waals surface area contributed by atoms with E-state index in [2.05, 4.69) is 37.4 Å². The van der Waals surface area contributed by atoms with Crippen molar-refractivity contribution in [3.63, 3.8) is 0 Å². The number of hydrogen-bond acceptors (Lipinski definition) is 1. The monoisotopic (exact) mass is 281 g/mol. The molecule has 1 atom stereocenters. The van der Waals surface area contributed by atoms with Crippen molar-refractivity contribution in [1.82, 2.24) is 5.32 Å². The summed E-state index contributed by atoms with van der Waals surface area (Å²) in [7, 11) is 0. The van der Waals surface area contributed by atoms with E-state index in [1.807, 2.05) is 37.3 Å². The molecule has 2 nitrogen and oxygen atoms in total. The first kappa shape index (κ1) is 15.3. The summed E-state index contributed by atoms with van der Waals surface area (Å²) < 4.78 is 0. The molecule has 2 heteroatoms. The zero-order valence-corrected chi connectivity index (χ0v) is 13.0. The summed E-state index contributed by atoms with van der Waals surface area (Å²) in [5.74, 6) is 0.0284. The fourth-order valence-electron chi connectivity index (χ4n) is 2.61. The van der Waals surface area contributed by atoms with Gasteiger partial charge in [-0.15, -0.1) is 0 Å². The van der Waals surface area contributed by atoms with E-state index in [9.17, 15) is 4.79 Å². The predicted octanol–water partition coefficient (Wildman–Crippen LogP) is 4.11. The van der Waals surface area contributed by atoms with E-state index in [0.717, 1.165) is 12.0 Å². The molecule has 0 aliphatic heterocycles.